The number of nitrogens with two attached hydrogens (primary N) is 1. The smallest absolute Gasteiger partial charge is 0.251 e. The Morgan fingerprint density at radius 1 is 1.33 bits per heavy atom. The Balaban J connectivity index is 1.35. The van der Waals surface area contributed by atoms with Gasteiger partial charge in [0.25, 0.3) is 5.91 Å². The van der Waals surface area contributed by atoms with Crippen molar-refractivity contribution in [2.75, 3.05) is 18.9 Å². The number of halogens is 3. The molecule has 1 aromatic carbocycles. The molecule has 226 valence electrons. The van der Waals surface area contributed by atoms with Crippen LogP contribution in [0.15, 0.2) is 35.5 Å². The lowest BCUT2D eigenvalue weighted by Gasteiger charge is -2.26. The largest absolute Gasteiger partial charge is 0.490 e. The number of aromatic nitrogens is 2. The highest BCUT2D eigenvalue weighted by Crippen LogP contribution is 2.52. The maximum absolute atomic E-state index is 15.2. The SMILES string of the molecule is CC(F)c1cc(-c2nc(C(CNC(=O)c3cc(Cl)c(N)c(C=NC4CC4)c3)C3(OS)CC3)cc3c2OCC3C)c(F)cn1. The number of anilines is 1. The Kier molecular flexibility index (Phi) is 8.08. The fraction of sp³-hybridized carbons (Fsp3) is 0.419. The van der Waals surface area contributed by atoms with Crippen molar-refractivity contribution in [1.82, 2.24) is 15.3 Å². The third kappa shape index (κ3) is 5.94. The number of thiol groups is 1. The van der Waals surface area contributed by atoms with E-state index in [2.05, 4.69) is 28.2 Å². The van der Waals surface area contributed by atoms with E-state index in [1.807, 2.05) is 13.0 Å². The zero-order valence-corrected chi connectivity index (χ0v) is 25.4. The van der Waals surface area contributed by atoms with Crippen molar-refractivity contribution in [3.63, 3.8) is 0 Å². The van der Waals surface area contributed by atoms with Crippen LogP contribution in [0, 0.1) is 5.82 Å². The highest BCUT2D eigenvalue weighted by Gasteiger charge is 2.52. The number of benzene rings is 1. The van der Waals surface area contributed by atoms with Crippen LogP contribution in [0.3, 0.4) is 0 Å². The first-order valence-corrected chi connectivity index (χ1v) is 15.0. The number of carbonyl (C=O) groups is 1. The van der Waals surface area contributed by atoms with E-state index in [0.717, 1.165) is 24.6 Å². The third-order valence-corrected chi connectivity index (χ3v) is 9.02. The van der Waals surface area contributed by atoms with Gasteiger partial charge in [0, 0.05) is 52.5 Å². The number of nitrogen functional groups attached to an aromatic ring is 1. The predicted molar refractivity (Wildman–Crippen MR) is 164 cm³/mol. The quantitative estimate of drug-likeness (QED) is 0.102. The molecule has 1 aliphatic heterocycles. The molecule has 6 rings (SSSR count). The van der Waals surface area contributed by atoms with Gasteiger partial charge in [0.15, 0.2) is 5.82 Å². The van der Waals surface area contributed by atoms with E-state index in [1.165, 1.54) is 19.1 Å². The maximum Gasteiger partial charge on any atom is 0.251 e. The number of rotatable bonds is 10. The van der Waals surface area contributed by atoms with Crippen molar-refractivity contribution < 1.29 is 22.5 Å². The van der Waals surface area contributed by atoms with Gasteiger partial charge in [0.05, 0.1) is 40.9 Å². The average molecular weight is 628 g/mol. The van der Waals surface area contributed by atoms with Crippen LogP contribution in [0.1, 0.15) is 90.4 Å². The number of hydrogen-bond donors (Lipinski definition) is 3. The minimum absolute atomic E-state index is 0.00919. The first-order chi connectivity index (χ1) is 20.6. The highest BCUT2D eigenvalue weighted by atomic mass is 35.5. The molecular weight excluding hydrogens is 596 g/mol. The first kappa shape index (κ1) is 29.8. The third-order valence-electron chi connectivity index (χ3n) is 8.35. The van der Waals surface area contributed by atoms with Crippen LogP contribution in [-0.4, -0.2) is 46.9 Å². The van der Waals surface area contributed by atoms with Crippen molar-refractivity contribution in [3.8, 4) is 17.0 Å². The summed E-state index contributed by atoms with van der Waals surface area (Å²) in [6, 6.07) is 6.77. The van der Waals surface area contributed by atoms with Crippen LogP contribution in [0.2, 0.25) is 5.02 Å². The van der Waals surface area contributed by atoms with E-state index in [4.69, 9.17) is 31.2 Å². The van der Waals surface area contributed by atoms with Crippen molar-refractivity contribution in [3.05, 3.63) is 69.4 Å². The van der Waals surface area contributed by atoms with Crippen molar-refractivity contribution in [1.29, 1.82) is 0 Å². The molecule has 12 heteroatoms. The number of alkyl halides is 1. The number of nitrogens with one attached hydrogen (secondary N) is 1. The molecule has 0 radical (unpaired) electrons. The summed E-state index contributed by atoms with van der Waals surface area (Å²) in [4.78, 5) is 26.6. The second-order valence-electron chi connectivity index (χ2n) is 11.6. The Bertz CT molecular complexity index is 1610. The van der Waals surface area contributed by atoms with Gasteiger partial charge in [-0.3, -0.25) is 14.8 Å². The summed E-state index contributed by atoms with van der Waals surface area (Å²) in [5, 5.41) is 3.26. The molecule has 3 atom stereocenters. The lowest BCUT2D eigenvalue weighted by Crippen LogP contribution is -2.35. The van der Waals surface area contributed by atoms with Gasteiger partial charge in [-0.1, -0.05) is 18.5 Å². The Morgan fingerprint density at radius 3 is 2.77 bits per heavy atom. The van der Waals surface area contributed by atoms with Gasteiger partial charge in [-0.15, -0.1) is 0 Å². The lowest BCUT2D eigenvalue weighted by atomic mass is 9.91. The molecule has 0 saturated heterocycles. The standard InChI is InChI=1S/C31H32ClF2N5O3S/c1-15-14-41-29-20(15)9-26(39-28(29)21-10-25(16(2)33)37-13-24(21)34)22(31(42-43)5-6-31)12-38-30(40)17-7-18(11-36-19-3-4-19)27(35)23(32)8-17/h7-11,13,15-16,19,22,43H,3-6,12,14,35H2,1-2H3,(H,38,40). The molecule has 43 heavy (non-hydrogen) atoms. The molecule has 0 spiro atoms. The summed E-state index contributed by atoms with van der Waals surface area (Å²) >= 11 is 10.5. The normalized spacial score (nSPS) is 20.0. The van der Waals surface area contributed by atoms with Crippen molar-refractivity contribution in [2.24, 2.45) is 4.99 Å². The summed E-state index contributed by atoms with van der Waals surface area (Å²) in [6.45, 7) is 3.89. The minimum atomic E-state index is -1.40. The van der Waals surface area contributed by atoms with Gasteiger partial charge in [-0.25, -0.2) is 13.8 Å². The fourth-order valence-corrected chi connectivity index (χ4v) is 5.91. The van der Waals surface area contributed by atoms with Crippen LogP contribution in [0.5, 0.6) is 5.75 Å². The van der Waals surface area contributed by atoms with Crippen molar-refractivity contribution in [2.45, 2.75) is 69.2 Å². The fourth-order valence-electron chi connectivity index (χ4n) is 5.37. The van der Waals surface area contributed by atoms with Crippen LogP contribution >= 0.6 is 24.5 Å². The number of nitrogens with zero attached hydrogens (tertiary/aromatic N) is 3. The topological polar surface area (TPSA) is 112 Å². The molecule has 3 unspecified atom stereocenters. The van der Waals surface area contributed by atoms with Gasteiger partial charge in [-0.2, -0.15) is 0 Å². The van der Waals surface area contributed by atoms with E-state index in [1.54, 1.807) is 12.3 Å². The molecule has 3 N–H and O–H groups in total. The second kappa shape index (κ2) is 11.7. The molecular formula is C31H32ClF2N5O3S. The number of hydrogen-bond acceptors (Lipinski definition) is 8. The van der Waals surface area contributed by atoms with E-state index in [0.29, 0.717) is 47.7 Å². The summed E-state index contributed by atoms with van der Waals surface area (Å²) in [7, 11) is 0. The molecule has 3 heterocycles. The molecule has 2 fully saturated rings. The van der Waals surface area contributed by atoms with Crippen LogP contribution < -0.4 is 15.8 Å². The molecule has 3 aliphatic rings. The van der Waals surface area contributed by atoms with E-state index < -0.39 is 23.5 Å². The summed E-state index contributed by atoms with van der Waals surface area (Å²) in [5.74, 6) is -0.972. The van der Waals surface area contributed by atoms with E-state index in [9.17, 15) is 9.18 Å². The highest BCUT2D eigenvalue weighted by molar-refractivity contribution is 7.75. The van der Waals surface area contributed by atoms with Crippen LogP contribution in [0.25, 0.3) is 11.3 Å². The molecule has 2 saturated carbocycles. The van der Waals surface area contributed by atoms with E-state index in [-0.39, 0.29) is 46.4 Å². The molecule has 3 aromatic rings. The van der Waals surface area contributed by atoms with Gasteiger partial charge in [-0.05, 0) is 69.8 Å². The Labute approximate surface area is 259 Å². The van der Waals surface area contributed by atoms with Gasteiger partial charge in [0.1, 0.15) is 17.6 Å². The molecule has 2 aliphatic carbocycles. The number of pyridine rings is 2. The zero-order chi connectivity index (χ0) is 30.5. The average Bonchev–Trinajstić information content (AvgIpc) is 3.93. The monoisotopic (exact) mass is 627 g/mol. The van der Waals surface area contributed by atoms with Crippen LogP contribution in [0.4, 0.5) is 14.5 Å². The number of ether oxygens (including phenoxy) is 1. The summed E-state index contributed by atoms with van der Waals surface area (Å²) in [6.07, 6.45) is 4.73. The minimum Gasteiger partial charge on any atom is -0.490 e. The number of aliphatic imine (C=N–C) groups is 1. The number of amides is 1. The molecule has 8 nitrogen and oxygen atoms in total. The molecule has 2 aromatic heterocycles. The number of carbonyl (C=O) groups excluding carboxylic acids is 1. The summed E-state index contributed by atoms with van der Waals surface area (Å²) in [5.41, 5.74) is 8.61. The molecule has 1 amide bonds. The maximum atomic E-state index is 15.2. The lowest BCUT2D eigenvalue weighted by molar-refractivity contribution is 0.0938. The summed E-state index contributed by atoms with van der Waals surface area (Å²) < 4.78 is 40.9. The van der Waals surface area contributed by atoms with Crippen molar-refractivity contribution >= 4 is 42.3 Å². The van der Waals surface area contributed by atoms with Crippen LogP contribution in [-0.2, 0) is 4.18 Å². The zero-order valence-electron chi connectivity index (χ0n) is 23.7. The van der Waals surface area contributed by atoms with Gasteiger partial charge in [0.2, 0.25) is 0 Å². The predicted octanol–water partition coefficient (Wildman–Crippen LogP) is 6.53. The van der Waals surface area contributed by atoms with Gasteiger partial charge >= 0.3 is 0 Å². The Morgan fingerprint density at radius 2 is 2.09 bits per heavy atom. The first-order valence-electron chi connectivity index (χ1n) is 14.3. The van der Waals surface area contributed by atoms with Gasteiger partial charge < -0.3 is 20.0 Å². The Hall–Kier alpha value is -3.28. The molecule has 0 bridgehead atoms. The second-order valence-corrected chi connectivity index (χ2v) is 12.2. The van der Waals surface area contributed by atoms with E-state index >= 15 is 4.39 Å². The number of fused-ring (bicyclic) bond motifs is 1.